The normalized spacial score (nSPS) is 23.0. The lowest BCUT2D eigenvalue weighted by molar-refractivity contribution is 0.0549. The monoisotopic (exact) mass is 336 g/mol. The second-order valence-electron chi connectivity index (χ2n) is 7.08. The Kier molecular flexibility index (Phi) is 6.35. The number of aliphatic hydroxyl groups excluding tert-OH is 1. The zero-order valence-corrected chi connectivity index (χ0v) is 14.7. The van der Waals surface area contributed by atoms with Gasteiger partial charge in [0.2, 0.25) is 0 Å². The maximum Gasteiger partial charge on any atom is 0.0819 e. The number of piperidine rings is 2. The smallest absolute Gasteiger partial charge is 0.0819 e. The molecule has 0 bridgehead atoms. The number of halogens is 1. The standard InChI is InChI=1S/C19H29ClN2O/c20-18-6-4-16(5-7-18)19(23)17-8-12-22(13-9-17)15-14-21-10-2-1-3-11-21/h4-7,17,19,23H,1-3,8-15H2. The third-order valence-electron chi connectivity index (χ3n) is 5.47. The lowest BCUT2D eigenvalue weighted by Gasteiger charge is -2.36. The van der Waals surface area contributed by atoms with Crippen molar-refractivity contribution in [1.29, 1.82) is 0 Å². The van der Waals surface area contributed by atoms with E-state index in [9.17, 15) is 5.11 Å². The Morgan fingerprint density at radius 3 is 2.09 bits per heavy atom. The van der Waals surface area contributed by atoms with Crippen LogP contribution in [0.4, 0.5) is 0 Å². The van der Waals surface area contributed by atoms with Gasteiger partial charge in [-0.2, -0.15) is 0 Å². The van der Waals surface area contributed by atoms with Gasteiger partial charge in [0, 0.05) is 18.1 Å². The zero-order chi connectivity index (χ0) is 16.1. The quantitative estimate of drug-likeness (QED) is 0.890. The summed E-state index contributed by atoms with van der Waals surface area (Å²) >= 11 is 5.93. The van der Waals surface area contributed by atoms with E-state index in [0.29, 0.717) is 5.92 Å². The molecular weight excluding hydrogens is 308 g/mol. The minimum absolute atomic E-state index is 0.350. The second kappa shape index (κ2) is 8.48. The number of nitrogens with zero attached hydrogens (tertiary/aromatic N) is 2. The number of rotatable bonds is 5. The first kappa shape index (κ1) is 17.2. The van der Waals surface area contributed by atoms with E-state index in [1.54, 1.807) is 0 Å². The molecule has 0 saturated carbocycles. The van der Waals surface area contributed by atoms with Crippen LogP contribution in [0.5, 0.6) is 0 Å². The minimum atomic E-state index is -0.350. The van der Waals surface area contributed by atoms with Crippen molar-refractivity contribution in [3.63, 3.8) is 0 Å². The Morgan fingerprint density at radius 1 is 0.913 bits per heavy atom. The van der Waals surface area contributed by atoms with Crippen molar-refractivity contribution < 1.29 is 5.11 Å². The maximum absolute atomic E-state index is 10.6. The Labute approximate surface area is 145 Å². The summed E-state index contributed by atoms with van der Waals surface area (Å²) in [7, 11) is 0. The summed E-state index contributed by atoms with van der Waals surface area (Å²) in [5, 5.41) is 11.3. The average Bonchev–Trinajstić information content (AvgIpc) is 2.61. The molecule has 2 aliphatic heterocycles. The topological polar surface area (TPSA) is 26.7 Å². The summed E-state index contributed by atoms with van der Waals surface area (Å²) in [6.07, 6.45) is 5.97. The maximum atomic E-state index is 10.6. The molecule has 2 aliphatic rings. The van der Waals surface area contributed by atoms with Gasteiger partial charge in [0.05, 0.1) is 6.10 Å². The third kappa shape index (κ3) is 4.93. The summed E-state index contributed by atoms with van der Waals surface area (Å²) in [5.74, 6) is 0.377. The van der Waals surface area contributed by atoms with Gasteiger partial charge in [-0.15, -0.1) is 0 Å². The molecule has 128 valence electrons. The molecule has 0 radical (unpaired) electrons. The summed E-state index contributed by atoms with van der Waals surface area (Å²) in [4.78, 5) is 5.18. The molecule has 2 saturated heterocycles. The van der Waals surface area contributed by atoms with E-state index in [0.717, 1.165) is 36.5 Å². The van der Waals surface area contributed by atoms with Crippen molar-refractivity contribution >= 4 is 11.6 Å². The molecule has 1 atom stereocenters. The summed E-state index contributed by atoms with van der Waals surface area (Å²) in [5.41, 5.74) is 1.00. The Morgan fingerprint density at radius 2 is 1.48 bits per heavy atom. The Hall–Kier alpha value is -0.610. The molecule has 3 rings (SSSR count). The van der Waals surface area contributed by atoms with Crippen molar-refractivity contribution in [3.8, 4) is 0 Å². The zero-order valence-electron chi connectivity index (χ0n) is 14.0. The highest BCUT2D eigenvalue weighted by atomic mass is 35.5. The van der Waals surface area contributed by atoms with Crippen molar-refractivity contribution in [3.05, 3.63) is 34.9 Å². The number of hydrogen-bond acceptors (Lipinski definition) is 3. The van der Waals surface area contributed by atoms with Crippen LogP contribution in [-0.4, -0.2) is 54.2 Å². The summed E-state index contributed by atoms with van der Waals surface area (Å²) in [6, 6.07) is 7.65. The van der Waals surface area contributed by atoms with Gasteiger partial charge in [-0.3, -0.25) is 0 Å². The molecule has 1 aromatic rings. The lowest BCUT2D eigenvalue weighted by Crippen LogP contribution is -2.41. The van der Waals surface area contributed by atoms with Gasteiger partial charge in [0.15, 0.2) is 0 Å². The van der Waals surface area contributed by atoms with Crippen LogP contribution in [-0.2, 0) is 0 Å². The van der Waals surface area contributed by atoms with E-state index in [-0.39, 0.29) is 6.10 Å². The highest BCUT2D eigenvalue weighted by molar-refractivity contribution is 6.30. The Balaban J connectivity index is 1.41. The van der Waals surface area contributed by atoms with Crippen molar-refractivity contribution in [2.45, 2.75) is 38.2 Å². The van der Waals surface area contributed by atoms with Crippen molar-refractivity contribution in [2.24, 2.45) is 5.92 Å². The highest BCUT2D eigenvalue weighted by Crippen LogP contribution is 2.31. The Bertz CT molecular complexity index is 465. The van der Waals surface area contributed by atoms with Gasteiger partial charge in [0.1, 0.15) is 0 Å². The number of benzene rings is 1. The molecule has 2 heterocycles. The number of aliphatic hydroxyl groups is 1. The fourth-order valence-corrected chi connectivity index (χ4v) is 4.02. The van der Waals surface area contributed by atoms with E-state index >= 15 is 0 Å². The van der Waals surface area contributed by atoms with Gasteiger partial charge in [-0.25, -0.2) is 0 Å². The van der Waals surface area contributed by atoms with Gasteiger partial charge < -0.3 is 14.9 Å². The fourth-order valence-electron chi connectivity index (χ4n) is 3.89. The van der Waals surface area contributed by atoms with Gasteiger partial charge >= 0.3 is 0 Å². The van der Waals surface area contributed by atoms with Crippen LogP contribution in [0.2, 0.25) is 5.02 Å². The first-order valence-electron chi connectivity index (χ1n) is 9.10. The third-order valence-corrected chi connectivity index (χ3v) is 5.72. The van der Waals surface area contributed by atoms with Gasteiger partial charge in [-0.1, -0.05) is 30.2 Å². The minimum Gasteiger partial charge on any atom is -0.388 e. The molecule has 0 amide bonds. The van der Waals surface area contributed by atoms with Crippen LogP contribution >= 0.6 is 11.6 Å². The lowest BCUT2D eigenvalue weighted by atomic mass is 9.87. The van der Waals surface area contributed by atoms with Crippen molar-refractivity contribution in [1.82, 2.24) is 9.80 Å². The second-order valence-corrected chi connectivity index (χ2v) is 7.51. The fraction of sp³-hybridized carbons (Fsp3) is 0.684. The van der Waals surface area contributed by atoms with Gasteiger partial charge in [-0.05, 0) is 75.5 Å². The molecule has 0 aromatic heterocycles. The molecular formula is C19H29ClN2O. The van der Waals surface area contributed by atoms with Crippen LogP contribution < -0.4 is 0 Å². The molecule has 0 aliphatic carbocycles. The molecule has 3 nitrogen and oxygen atoms in total. The average molecular weight is 337 g/mol. The predicted molar refractivity (Wildman–Crippen MR) is 95.9 cm³/mol. The molecule has 1 unspecified atom stereocenters. The molecule has 0 spiro atoms. The van der Waals surface area contributed by atoms with Crippen LogP contribution in [0.1, 0.15) is 43.8 Å². The van der Waals surface area contributed by atoms with E-state index in [1.165, 1.54) is 45.4 Å². The van der Waals surface area contributed by atoms with Crippen LogP contribution in [0.3, 0.4) is 0 Å². The van der Waals surface area contributed by atoms with Crippen molar-refractivity contribution in [2.75, 3.05) is 39.3 Å². The molecule has 2 fully saturated rings. The number of hydrogen-bond donors (Lipinski definition) is 1. The van der Waals surface area contributed by atoms with Crippen LogP contribution in [0.25, 0.3) is 0 Å². The largest absolute Gasteiger partial charge is 0.388 e. The first-order valence-corrected chi connectivity index (χ1v) is 9.48. The van der Waals surface area contributed by atoms with Crippen LogP contribution in [0, 0.1) is 5.92 Å². The molecule has 23 heavy (non-hydrogen) atoms. The van der Waals surface area contributed by atoms with E-state index in [2.05, 4.69) is 9.80 Å². The van der Waals surface area contributed by atoms with E-state index in [4.69, 9.17) is 11.6 Å². The number of likely N-dealkylation sites (tertiary alicyclic amines) is 2. The first-order chi connectivity index (χ1) is 11.2. The summed E-state index contributed by atoms with van der Waals surface area (Å²) < 4.78 is 0. The SMILES string of the molecule is OC(c1ccc(Cl)cc1)C1CCN(CCN2CCCCC2)CC1. The molecule has 1 N–H and O–H groups in total. The highest BCUT2D eigenvalue weighted by Gasteiger charge is 2.26. The van der Waals surface area contributed by atoms with E-state index < -0.39 is 0 Å². The molecule has 4 heteroatoms. The summed E-state index contributed by atoms with van der Waals surface area (Å²) in [6.45, 7) is 7.19. The van der Waals surface area contributed by atoms with Crippen LogP contribution in [0.15, 0.2) is 24.3 Å². The predicted octanol–water partition coefficient (Wildman–Crippen LogP) is 3.57. The van der Waals surface area contributed by atoms with E-state index in [1.807, 2.05) is 24.3 Å². The molecule has 1 aromatic carbocycles. The van der Waals surface area contributed by atoms with Gasteiger partial charge in [0.25, 0.3) is 0 Å².